The molecule has 0 bridgehead atoms. The van der Waals surface area contributed by atoms with E-state index >= 15 is 0 Å². The number of aliphatic hydroxyl groups excluding tert-OH is 3. The van der Waals surface area contributed by atoms with Crippen LogP contribution < -0.4 is 0 Å². The lowest BCUT2D eigenvalue weighted by Crippen LogP contribution is -2.70. The monoisotopic (exact) mass is 624 g/mol. The molecule has 0 aromatic carbocycles. The van der Waals surface area contributed by atoms with Gasteiger partial charge in [-0.3, -0.25) is 9.59 Å². The van der Waals surface area contributed by atoms with Gasteiger partial charge in [0.1, 0.15) is 54.9 Å². The van der Waals surface area contributed by atoms with Crippen molar-refractivity contribution in [2.24, 2.45) is 17.3 Å². The van der Waals surface area contributed by atoms with Gasteiger partial charge in [-0.05, 0) is 36.7 Å². The molecule has 8 rings (SSSR count). The molecular formula is C30H37FO13. The Kier molecular flexibility index (Phi) is 6.11. The first-order chi connectivity index (χ1) is 20.8. The molecule has 8 aliphatic rings. The fourth-order valence-electron chi connectivity index (χ4n) is 9.53. The highest BCUT2D eigenvalue weighted by atomic mass is 19.1. The largest absolute Gasteiger partial charge is 0.463 e. The molecule has 5 aliphatic heterocycles. The van der Waals surface area contributed by atoms with Crippen molar-refractivity contribution in [1.29, 1.82) is 0 Å². The number of halogens is 1. The van der Waals surface area contributed by atoms with Crippen LogP contribution in [0.4, 0.5) is 4.39 Å². The number of rotatable bonds is 7. The minimum atomic E-state index is -2.20. The van der Waals surface area contributed by atoms with Gasteiger partial charge in [-0.2, -0.15) is 0 Å². The average Bonchev–Trinajstić information content (AvgIpc) is 3.90. The molecule has 3 aliphatic carbocycles. The first kappa shape index (κ1) is 29.2. The lowest BCUT2D eigenvalue weighted by atomic mass is 9.46. The molecule has 14 heteroatoms. The summed E-state index contributed by atoms with van der Waals surface area (Å²) in [5, 5.41) is 29.2. The molecule has 2 unspecified atom stereocenters. The van der Waals surface area contributed by atoms with Crippen LogP contribution in [-0.4, -0.2) is 118 Å². The van der Waals surface area contributed by atoms with Gasteiger partial charge < -0.3 is 48.5 Å². The van der Waals surface area contributed by atoms with E-state index in [0.717, 1.165) is 11.1 Å². The second kappa shape index (κ2) is 9.20. The Hall–Kier alpha value is -2.20. The maximum absolute atomic E-state index is 13.6. The number of cyclic esters (lactones) is 1. The van der Waals surface area contributed by atoms with E-state index < -0.39 is 77.6 Å². The number of hydrogen-bond donors (Lipinski definition) is 3. The van der Waals surface area contributed by atoms with Gasteiger partial charge in [-0.25, -0.2) is 9.18 Å². The van der Waals surface area contributed by atoms with Crippen LogP contribution >= 0.6 is 0 Å². The summed E-state index contributed by atoms with van der Waals surface area (Å²) in [7, 11) is 0. The van der Waals surface area contributed by atoms with E-state index in [4.69, 9.17) is 33.2 Å². The number of hydrogen-bond acceptors (Lipinski definition) is 13. The van der Waals surface area contributed by atoms with Crippen LogP contribution in [0.5, 0.6) is 0 Å². The number of ether oxygens (including phenoxy) is 7. The van der Waals surface area contributed by atoms with Gasteiger partial charge in [0.15, 0.2) is 24.2 Å². The van der Waals surface area contributed by atoms with Crippen LogP contribution in [0.3, 0.4) is 0 Å². The third-order valence-electron chi connectivity index (χ3n) is 11.9. The Morgan fingerprint density at radius 1 is 1.07 bits per heavy atom. The Morgan fingerprint density at radius 3 is 2.57 bits per heavy atom. The van der Waals surface area contributed by atoms with Gasteiger partial charge >= 0.3 is 17.9 Å². The van der Waals surface area contributed by atoms with E-state index in [2.05, 4.69) is 6.92 Å². The van der Waals surface area contributed by atoms with Crippen LogP contribution in [0.15, 0.2) is 11.1 Å². The van der Waals surface area contributed by atoms with Gasteiger partial charge in [0.25, 0.3) is 0 Å². The van der Waals surface area contributed by atoms with E-state index in [1.54, 1.807) is 0 Å². The summed E-state index contributed by atoms with van der Waals surface area (Å²) in [6, 6.07) is 0. The van der Waals surface area contributed by atoms with Crippen molar-refractivity contribution in [3.63, 3.8) is 0 Å². The smallest absolute Gasteiger partial charge is 0.334 e. The molecule has 6 fully saturated rings. The standard InChI is InChI=1S/C30H37FO13/c1-11(2)28-22(43-28)23-30(44-23)27(3)7-6-12-13(9-39-24(12)36)14(27)8-16-29(30,42-16)26(28)41-18(33)5-4-17(32)38-10-15-20(34)21(35)19(31)25(37)40-15/h11,14-16,19-23,25-26,34-35,37H,4-10H2,1-3H3/t14?,15-,16+,19-,20-,21-,22+,23+,25?,26-,27+,28+,29-,30-/m1/s1. The minimum absolute atomic E-state index is 0.0275. The maximum atomic E-state index is 13.6. The maximum Gasteiger partial charge on any atom is 0.334 e. The zero-order valence-electron chi connectivity index (χ0n) is 24.6. The molecule has 0 aromatic rings. The topological polar surface area (TPSA) is 186 Å². The van der Waals surface area contributed by atoms with Gasteiger partial charge in [0.2, 0.25) is 0 Å². The van der Waals surface area contributed by atoms with E-state index in [9.17, 15) is 34.1 Å². The summed E-state index contributed by atoms with van der Waals surface area (Å²) in [4.78, 5) is 38.1. The molecular weight excluding hydrogens is 587 g/mol. The second-order valence-electron chi connectivity index (χ2n) is 14.0. The zero-order valence-corrected chi connectivity index (χ0v) is 24.6. The lowest BCUT2D eigenvalue weighted by molar-refractivity contribution is -0.272. The molecule has 5 heterocycles. The van der Waals surface area contributed by atoms with E-state index in [1.165, 1.54) is 0 Å². The van der Waals surface area contributed by atoms with Gasteiger partial charge in [0, 0.05) is 11.0 Å². The number of alkyl halides is 1. The van der Waals surface area contributed by atoms with Gasteiger partial charge in [-0.15, -0.1) is 0 Å². The highest BCUT2D eigenvalue weighted by Gasteiger charge is 3.01. The molecule has 4 saturated heterocycles. The summed E-state index contributed by atoms with van der Waals surface area (Å²) in [5.74, 6) is -1.69. The third-order valence-corrected chi connectivity index (χ3v) is 11.9. The van der Waals surface area contributed by atoms with Crippen molar-refractivity contribution in [3.8, 4) is 0 Å². The van der Waals surface area contributed by atoms with Crippen molar-refractivity contribution in [2.45, 2.75) is 125 Å². The molecule has 14 atom stereocenters. The first-order valence-corrected chi connectivity index (χ1v) is 15.4. The Morgan fingerprint density at radius 2 is 1.82 bits per heavy atom. The Labute approximate surface area is 251 Å². The van der Waals surface area contributed by atoms with Crippen LogP contribution in [-0.2, 0) is 47.5 Å². The SMILES string of the molecule is CC(C)[C@]12O[C@H]1[C@@H]1O[C@]13[C@]1(O[C@H]1CC1C4=C(CC[C@@]13C)C(=O)OC4)[C@@H]2OC(=O)CCC(=O)OC[C@H]1OC(O)[C@H](F)[C@@H](O)[C@@H]1O. The summed E-state index contributed by atoms with van der Waals surface area (Å²) >= 11 is 0. The minimum Gasteiger partial charge on any atom is -0.463 e. The molecule has 44 heavy (non-hydrogen) atoms. The Balaban J connectivity index is 0.974. The number of carbonyl (C=O) groups excluding carboxylic acids is 3. The first-order valence-electron chi connectivity index (χ1n) is 15.4. The van der Waals surface area contributed by atoms with Crippen LogP contribution in [0, 0.1) is 17.3 Å². The molecule has 2 spiro atoms. The fraction of sp³-hybridized carbons (Fsp3) is 0.833. The van der Waals surface area contributed by atoms with E-state index in [1.807, 2.05) is 13.8 Å². The number of fused-ring (bicyclic) bond motifs is 4. The summed E-state index contributed by atoms with van der Waals surface area (Å²) < 4.78 is 54.9. The molecule has 0 aromatic heterocycles. The van der Waals surface area contributed by atoms with Crippen LogP contribution in [0.1, 0.15) is 52.9 Å². The molecule has 13 nitrogen and oxygen atoms in total. The molecule has 0 amide bonds. The van der Waals surface area contributed by atoms with E-state index in [-0.39, 0.29) is 55.6 Å². The number of carbonyl (C=O) groups is 3. The quantitative estimate of drug-likeness (QED) is 0.192. The highest BCUT2D eigenvalue weighted by molar-refractivity contribution is 5.92. The average molecular weight is 625 g/mol. The van der Waals surface area contributed by atoms with Crippen molar-refractivity contribution < 1.29 is 67.3 Å². The van der Waals surface area contributed by atoms with Crippen molar-refractivity contribution in [1.82, 2.24) is 0 Å². The van der Waals surface area contributed by atoms with Crippen molar-refractivity contribution >= 4 is 17.9 Å². The number of epoxide rings is 3. The summed E-state index contributed by atoms with van der Waals surface area (Å²) in [6.07, 6.45) is -9.43. The zero-order chi connectivity index (χ0) is 31.1. The third kappa shape index (κ3) is 3.45. The predicted octanol–water partition coefficient (Wildman–Crippen LogP) is -0.245. The number of aliphatic hydroxyl groups is 3. The van der Waals surface area contributed by atoms with Crippen molar-refractivity contribution in [2.75, 3.05) is 13.2 Å². The second-order valence-corrected chi connectivity index (χ2v) is 14.0. The normalized spacial score (nSPS) is 52.4. The lowest BCUT2D eigenvalue weighted by Gasteiger charge is -2.53. The van der Waals surface area contributed by atoms with Crippen LogP contribution in [0.25, 0.3) is 0 Å². The van der Waals surface area contributed by atoms with Crippen LogP contribution in [0.2, 0.25) is 0 Å². The highest BCUT2D eigenvalue weighted by Crippen LogP contribution is 2.83. The summed E-state index contributed by atoms with van der Waals surface area (Å²) in [6.45, 7) is 5.92. The van der Waals surface area contributed by atoms with Gasteiger partial charge in [0.05, 0.1) is 18.9 Å². The summed E-state index contributed by atoms with van der Waals surface area (Å²) in [5.41, 5.74) is -1.06. The number of esters is 3. The molecule has 242 valence electrons. The Bertz CT molecular complexity index is 1350. The molecule has 3 N–H and O–H groups in total. The van der Waals surface area contributed by atoms with E-state index in [0.29, 0.717) is 19.3 Å². The van der Waals surface area contributed by atoms with Crippen molar-refractivity contribution in [3.05, 3.63) is 11.1 Å². The molecule has 0 radical (unpaired) electrons. The van der Waals surface area contributed by atoms with Gasteiger partial charge in [-0.1, -0.05) is 20.8 Å². The molecule has 2 saturated carbocycles. The fourth-order valence-corrected chi connectivity index (χ4v) is 9.53. The predicted molar refractivity (Wildman–Crippen MR) is 139 cm³/mol.